The highest BCUT2D eigenvalue weighted by Gasteiger charge is 2.49. The number of carboxylic acids is 15. The number of carboxylic acid groups (broad SMARTS) is 15. The predicted molar refractivity (Wildman–Crippen MR) is 524 cm³/mol. The van der Waals surface area contributed by atoms with E-state index in [-0.39, 0.29) is 203 Å². The van der Waals surface area contributed by atoms with Crippen LogP contribution in [-0.4, -0.2) is 581 Å². The number of nitrogens with zero attached hydrogens (tertiary/aromatic N) is 16. The first-order chi connectivity index (χ1) is 71.0. The number of aliphatic imine (C=N–C) groups is 4. The Morgan fingerprint density at radius 1 is 0.315 bits per heavy atom. The monoisotopic (exact) mass is 2140 g/mol. The van der Waals surface area contributed by atoms with Crippen LogP contribution in [0.15, 0.2) is 20.0 Å². The van der Waals surface area contributed by atoms with Crippen molar-refractivity contribution >= 4 is 122 Å². The van der Waals surface area contributed by atoms with E-state index in [2.05, 4.69) is 35.9 Å². The molecule has 18 N–H and O–H groups in total. The summed E-state index contributed by atoms with van der Waals surface area (Å²) in [5, 5.41) is 158. The number of aliphatic carboxylic acids is 15. The molecule has 0 bridgehead atoms. The number of unbranched alkanes of at least 4 members (excludes halogenated alkanes) is 7. The second-order valence-electron chi connectivity index (χ2n) is 37.4. The van der Waals surface area contributed by atoms with Gasteiger partial charge in [0.2, 0.25) is 0 Å². The van der Waals surface area contributed by atoms with Crippen molar-refractivity contribution in [1.29, 1.82) is 0 Å². The molecule has 149 heavy (non-hydrogen) atoms. The van der Waals surface area contributed by atoms with Crippen LogP contribution >= 0.6 is 0 Å². The minimum absolute atomic E-state index is 0.00880. The number of rotatable bonds is 88. The fourth-order valence-corrected chi connectivity index (χ4v) is 18.9. The molecule has 0 radical (unpaired) electrons. The average molecular weight is 2140 g/mol. The lowest BCUT2D eigenvalue weighted by molar-refractivity contribution is -0.148. The zero-order valence-corrected chi connectivity index (χ0v) is 84.8. The van der Waals surface area contributed by atoms with Crippen LogP contribution in [0.5, 0.6) is 0 Å². The lowest BCUT2D eigenvalue weighted by atomic mass is 9.88. The Bertz CT molecular complexity index is 4070. The lowest BCUT2D eigenvalue weighted by Crippen LogP contribution is -2.62. The third-order valence-corrected chi connectivity index (χ3v) is 25.2. The van der Waals surface area contributed by atoms with E-state index in [1.165, 1.54) is 71.8 Å². The molecule has 0 aliphatic carbocycles. The van der Waals surface area contributed by atoms with Crippen molar-refractivity contribution in [3.8, 4) is 0 Å². The molecule has 4 aliphatic rings. The van der Waals surface area contributed by atoms with E-state index >= 15 is 0 Å². The number of nitrogens with one attached hydrogen (secondary N) is 3. The van der Waals surface area contributed by atoms with Crippen molar-refractivity contribution in [2.75, 3.05) is 283 Å². The summed E-state index contributed by atoms with van der Waals surface area (Å²) in [5.41, 5.74) is -5.19. The summed E-state index contributed by atoms with van der Waals surface area (Å²) in [6.07, 6.45) is 10.3. The maximum absolute atomic E-state index is 12.3. The van der Waals surface area contributed by atoms with Crippen LogP contribution in [0.3, 0.4) is 0 Å². The zero-order chi connectivity index (χ0) is 110. The van der Waals surface area contributed by atoms with E-state index < -0.39 is 229 Å². The van der Waals surface area contributed by atoms with Gasteiger partial charge < -0.3 is 114 Å². The molecule has 0 aromatic rings. The molecule has 0 aromatic carbocycles. The van der Waals surface area contributed by atoms with Crippen LogP contribution in [-0.2, 0) is 115 Å². The van der Waals surface area contributed by atoms with Gasteiger partial charge >= 0.3 is 89.5 Å². The Hall–Kier alpha value is -11.3. The van der Waals surface area contributed by atoms with Gasteiger partial charge in [0, 0.05) is 167 Å². The highest BCUT2D eigenvalue weighted by Crippen LogP contribution is 2.34. The zero-order valence-electron chi connectivity index (χ0n) is 84.8. The van der Waals surface area contributed by atoms with E-state index in [0.717, 1.165) is 0 Å². The van der Waals surface area contributed by atoms with Gasteiger partial charge in [-0.1, -0.05) is 0 Å². The maximum Gasteiger partial charge on any atom is 0.317 e. The molecule has 0 spiro atoms. The maximum atomic E-state index is 12.3. The normalized spacial score (nSPS) is 18.2. The van der Waals surface area contributed by atoms with Crippen LogP contribution in [0.2, 0.25) is 0 Å². The summed E-state index contributed by atoms with van der Waals surface area (Å²) in [4.78, 5) is 228. The summed E-state index contributed by atoms with van der Waals surface area (Å²) < 4.78 is 46.9. The van der Waals surface area contributed by atoms with E-state index in [9.17, 15) is 153 Å². The van der Waals surface area contributed by atoms with Gasteiger partial charge in [0.05, 0.1) is 132 Å². The lowest BCUT2D eigenvalue weighted by Gasteiger charge is -2.45. The average Bonchev–Trinajstić information content (AvgIpc) is 1.75. The molecular weight excluding hydrogens is 1980 g/mol. The van der Waals surface area contributed by atoms with Crippen molar-refractivity contribution in [3.63, 3.8) is 0 Å². The molecule has 1 unspecified atom stereocenters. The Balaban J connectivity index is 1.50. The predicted octanol–water partition coefficient (Wildman–Crippen LogP) is -3.31. The van der Waals surface area contributed by atoms with Gasteiger partial charge in [-0.2, -0.15) is 0 Å². The molecule has 58 heteroatoms. The standard InChI is InChI=1S/C91H155N19O39/c1-92-61-147-72(98-67-149-71(97-66-145-37-15-8-22-91(110(51-86(138)139)52-87(140)141)59-105(44-79(124)125)32-33-106(60-91)68-146-69-111)17-3-10-24-94-63-143-35-13-6-20-89(108(47-82(130)131)48-83(132)133)55-101(40-75(116)117)28-29-102(56-89)41-76(118)119)18-4-11-25-95-64-148-70(96-65-144-36-14-7-21-90(109(49-84(134)135)50-85(136)137)57-103(42-77(120)121)30-31-104(58-90)43-78(122)123)16-2-9-23-93-62-142-34-12-5-19-88(107(45-80(126)127)46-81(128)129)53-99(38-73(112)113)26-27-100(54-88)39-74(114)115/h61,63,66-67,69-72,93,95-96H,2-60,62,64-65,68H2,1H3,(H,112,113)(H,114,115)(H,116,117)(H,118,119)(H,120,121)(H,122,123)(H,124,125)(H,126,127)(H,128,129)(H,130,131)(H,132,133)(H,134,135)(H,136,137)(H,138,139)(H,140,141)/t70-,71+,72+,91?/m0/s1. The fraction of sp³-hybridized carbons (Fsp3) is 0.780. The molecular formula is C91H155N19O39. The number of hydrogen-bond acceptors (Lipinski definition) is 43. The minimum atomic E-state index is -1.35. The summed E-state index contributed by atoms with van der Waals surface area (Å²) >= 11 is 0. The van der Waals surface area contributed by atoms with Crippen LogP contribution in [0, 0.1) is 0 Å². The molecule has 4 rings (SSSR count). The fourth-order valence-electron chi connectivity index (χ4n) is 18.9. The minimum Gasteiger partial charge on any atom is -0.483 e. The summed E-state index contributed by atoms with van der Waals surface area (Å²) in [6, 6.07) is 0. The molecule has 0 aromatic heterocycles. The molecule has 4 fully saturated rings. The van der Waals surface area contributed by atoms with Gasteiger partial charge in [-0.05, 0) is 135 Å². The molecule has 0 saturated carbocycles. The number of ether oxygens (including phenoxy) is 8. The highest BCUT2D eigenvalue weighted by molar-refractivity contribution is 5.77. The van der Waals surface area contributed by atoms with Gasteiger partial charge in [0.1, 0.15) is 13.0 Å². The smallest absolute Gasteiger partial charge is 0.317 e. The summed E-state index contributed by atoms with van der Waals surface area (Å²) in [7, 11) is 1.50. The Morgan fingerprint density at radius 3 is 0.933 bits per heavy atom. The Labute approximate surface area is 862 Å². The van der Waals surface area contributed by atoms with Crippen LogP contribution in [0.4, 0.5) is 0 Å². The van der Waals surface area contributed by atoms with Gasteiger partial charge in [0.25, 0.3) is 6.47 Å². The number of hydrogen-bond donors (Lipinski definition) is 18. The molecule has 58 nitrogen and oxygen atoms in total. The number of carbonyl (C=O) groups is 16. The van der Waals surface area contributed by atoms with E-state index in [0.29, 0.717) is 116 Å². The van der Waals surface area contributed by atoms with Crippen molar-refractivity contribution in [2.24, 2.45) is 20.0 Å². The Morgan fingerprint density at radius 2 is 0.604 bits per heavy atom. The highest BCUT2D eigenvalue weighted by atomic mass is 16.5. The first-order valence-corrected chi connectivity index (χ1v) is 49.5. The quantitative estimate of drug-likeness (QED) is 0.00932. The second kappa shape index (κ2) is 73.0. The molecule has 848 valence electrons. The molecule has 4 aliphatic heterocycles. The van der Waals surface area contributed by atoms with E-state index in [4.69, 9.17) is 37.9 Å². The largest absolute Gasteiger partial charge is 0.483 e. The van der Waals surface area contributed by atoms with Gasteiger partial charge in [-0.15, -0.1) is 0 Å². The third kappa shape index (κ3) is 56.9. The first kappa shape index (κ1) is 130. The third-order valence-electron chi connectivity index (χ3n) is 25.2. The van der Waals surface area contributed by atoms with Gasteiger partial charge in [-0.3, -0.25) is 161 Å². The van der Waals surface area contributed by atoms with Crippen LogP contribution in [0.25, 0.3) is 0 Å². The van der Waals surface area contributed by atoms with Crippen molar-refractivity contribution in [1.82, 2.24) is 74.7 Å². The van der Waals surface area contributed by atoms with Crippen molar-refractivity contribution < 1.29 is 191 Å². The van der Waals surface area contributed by atoms with Crippen LogP contribution < -0.4 is 16.0 Å². The number of carbonyl (C=O) groups excluding carboxylic acids is 1. The topological polar surface area (TPSA) is 775 Å². The van der Waals surface area contributed by atoms with Gasteiger partial charge in [-0.25, -0.2) is 9.98 Å². The van der Waals surface area contributed by atoms with E-state index in [1.54, 1.807) is 19.6 Å². The molecule has 0 amide bonds. The molecule has 4 saturated heterocycles. The summed E-state index contributed by atoms with van der Waals surface area (Å²) in [6.45, 7) is -6.43. The SMILES string of the molecule is CN=CO[C@H](CCCCNCO[C@@H](CCCCNCOCCCCC1(N(CC(=O)O)CC(=O)O)CN(CC(=O)O)CCN(CC(=O)O)C1)NCOCCCCC1(N(CC(=O)O)CC(=O)O)CN(CC(=O)O)CCN(CC(=O)O)C1)N=CO[C@H](CCCCN=COCCCCC1(N(CC(=O)O)CC(=O)O)CN(CC(=O)O)CCN(CC(=O)O)C1)N=COCCCCC1(N(CC(=O)O)CC(=O)O)CN(COC=O)CCN(CC(=O)O)C1. The van der Waals surface area contributed by atoms with Crippen molar-refractivity contribution in [3.05, 3.63) is 0 Å². The van der Waals surface area contributed by atoms with Crippen molar-refractivity contribution in [2.45, 2.75) is 176 Å². The summed E-state index contributed by atoms with van der Waals surface area (Å²) in [5.74, 6) is -19.0. The first-order valence-electron chi connectivity index (χ1n) is 49.5. The van der Waals surface area contributed by atoms with Crippen LogP contribution in [0.1, 0.15) is 135 Å². The second-order valence-corrected chi connectivity index (χ2v) is 37.4. The van der Waals surface area contributed by atoms with Gasteiger partial charge in [0.15, 0.2) is 38.1 Å². The molecule has 4 heterocycles. The van der Waals surface area contributed by atoms with E-state index in [1.807, 2.05) is 0 Å². The Kier molecular flexibility index (Phi) is 63.7. The molecule has 4 atom stereocenters.